The van der Waals surface area contributed by atoms with Gasteiger partial charge in [-0.2, -0.15) is 21.6 Å². The van der Waals surface area contributed by atoms with E-state index >= 15 is 0 Å². The van der Waals surface area contributed by atoms with Crippen molar-refractivity contribution < 1.29 is 30.0 Å². The maximum atomic E-state index is 12.4. The molecule has 0 unspecified atom stereocenters. The van der Waals surface area contributed by atoms with Gasteiger partial charge in [-0.1, -0.05) is 18.2 Å². The number of hydrogen-bond donors (Lipinski definition) is 0. The second kappa shape index (κ2) is 7.73. The summed E-state index contributed by atoms with van der Waals surface area (Å²) < 4.78 is 79.7. The molecule has 0 aliphatic heterocycles. The summed E-state index contributed by atoms with van der Waals surface area (Å²) in [7, 11) is 1.04. The maximum Gasteiger partial charge on any atom is 0.416 e. The third kappa shape index (κ3) is 6.68. The highest BCUT2D eigenvalue weighted by Crippen LogP contribution is 2.30. The molecule has 0 aliphatic carbocycles. The Bertz CT molecular complexity index is 871. The first kappa shape index (κ1) is 20.8. The van der Waals surface area contributed by atoms with Gasteiger partial charge in [0.2, 0.25) is 9.84 Å². The van der Waals surface area contributed by atoms with Gasteiger partial charge < -0.3 is 0 Å². The Morgan fingerprint density at radius 1 is 0.708 bits per heavy atom. The molecule has 2 aromatic carbocycles. The van der Waals surface area contributed by atoms with E-state index in [-0.39, 0.29) is 9.79 Å². The lowest BCUT2D eigenvalue weighted by molar-refractivity contribution is -0.137. The fourth-order valence-corrected chi connectivity index (χ4v) is 2.84. The molecule has 0 N–H and O–H groups in total. The van der Waals surface area contributed by atoms with Crippen LogP contribution in [0.1, 0.15) is 5.56 Å². The van der Waals surface area contributed by atoms with Crippen molar-refractivity contribution in [2.24, 2.45) is 0 Å². The molecule has 0 spiro atoms. The van der Waals surface area contributed by atoms with E-state index in [2.05, 4.69) is 21.4 Å². The largest absolute Gasteiger partial charge is 0.416 e. The van der Waals surface area contributed by atoms with Crippen LogP contribution >= 0.6 is 21.4 Å². The number of sulfone groups is 1. The molecular weight excluding hydrogens is 412 g/mol. The molecular formula is C13H9Cl2F3O4S2. The minimum absolute atomic E-state index is 0.0507. The molecule has 0 heterocycles. The summed E-state index contributed by atoms with van der Waals surface area (Å²) in [4.78, 5) is -0.110. The van der Waals surface area contributed by atoms with E-state index in [4.69, 9.17) is 8.42 Å². The van der Waals surface area contributed by atoms with Gasteiger partial charge in [-0.05, 0) is 36.4 Å². The van der Waals surface area contributed by atoms with Crippen molar-refractivity contribution in [2.45, 2.75) is 16.0 Å². The normalized spacial score (nSPS) is 12.2. The zero-order chi connectivity index (χ0) is 18.6. The molecule has 0 amide bonds. The van der Waals surface area contributed by atoms with E-state index in [0.29, 0.717) is 0 Å². The molecule has 0 saturated heterocycles. The zero-order valence-electron chi connectivity index (χ0n) is 11.5. The number of hydrogen-bond acceptors (Lipinski definition) is 4. The molecule has 0 radical (unpaired) electrons. The standard InChI is InChI=1S/C13H9F3O2S.Cl2O2S/c14-13(15,16)10-6-8-12(9-7-10)19(17,18)11-4-2-1-3-5-11;1-5(2,3)4/h1-9H;. The zero-order valence-corrected chi connectivity index (χ0v) is 14.7. The average Bonchev–Trinajstić information content (AvgIpc) is 2.46. The highest BCUT2D eigenvalue weighted by molar-refractivity contribution is 8.31. The second-order valence-electron chi connectivity index (χ2n) is 4.22. The molecule has 11 heteroatoms. The van der Waals surface area contributed by atoms with E-state index in [0.717, 1.165) is 24.3 Å². The SMILES string of the molecule is O=S(=O)(Cl)Cl.O=S(=O)(c1ccccc1)c1ccc(C(F)(F)F)cc1. The van der Waals surface area contributed by atoms with Crippen molar-refractivity contribution >= 4 is 39.5 Å². The molecule has 24 heavy (non-hydrogen) atoms. The lowest BCUT2D eigenvalue weighted by Gasteiger charge is -2.08. The minimum Gasteiger partial charge on any atom is -0.219 e. The number of alkyl halides is 3. The van der Waals surface area contributed by atoms with Crippen molar-refractivity contribution in [3.8, 4) is 0 Å². The quantitative estimate of drug-likeness (QED) is 0.681. The van der Waals surface area contributed by atoms with Gasteiger partial charge in [0.15, 0.2) is 0 Å². The highest BCUT2D eigenvalue weighted by Gasteiger charge is 2.30. The average molecular weight is 421 g/mol. The van der Waals surface area contributed by atoms with E-state index in [1.807, 2.05) is 0 Å². The molecule has 0 aromatic heterocycles. The topological polar surface area (TPSA) is 68.3 Å². The van der Waals surface area contributed by atoms with Gasteiger partial charge in [0.25, 0.3) is 0 Å². The predicted molar refractivity (Wildman–Crippen MR) is 84.0 cm³/mol. The number of halogens is 5. The first-order chi connectivity index (χ1) is 10.8. The summed E-state index contributed by atoms with van der Waals surface area (Å²) in [5.41, 5.74) is -0.875. The van der Waals surface area contributed by atoms with Crippen molar-refractivity contribution in [3.63, 3.8) is 0 Å². The van der Waals surface area contributed by atoms with Gasteiger partial charge in [-0.3, -0.25) is 0 Å². The molecule has 4 nitrogen and oxygen atoms in total. The van der Waals surface area contributed by atoms with Gasteiger partial charge in [0.1, 0.15) is 0 Å². The molecule has 2 rings (SSSR count). The van der Waals surface area contributed by atoms with Crippen molar-refractivity contribution in [1.29, 1.82) is 0 Å². The van der Waals surface area contributed by atoms with Crippen LogP contribution in [0.5, 0.6) is 0 Å². The van der Waals surface area contributed by atoms with Crippen molar-refractivity contribution in [3.05, 3.63) is 60.2 Å². The van der Waals surface area contributed by atoms with E-state index in [1.54, 1.807) is 18.2 Å². The summed E-state index contributed by atoms with van der Waals surface area (Å²) in [6.07, 6.45) is -4.48. The fourth-order valence-electron chi connectivity index (χ4n) is 1.56. The predicted octanol–water partition coefficient (Wildman–Crippen LogP) is 4.25. The molecule has 132 valence electrons. The Balaban J connectivity index is 0.000000505. The molecule has 2 aromatic rings. The second-order valence-corrected chi connectivity index (χ2v) is 9.83. The number of rotatable bonds is 2. The third-order valence-electron chi connectivity index (χ3n) is 2.55. The van der Waals surface area contributed by atoms with Gasteiger partial charge in [-0.15, -0.1) is 0 Å². The van der Waals surface area contributed by atoms with Crippen LogP contribution in [-0.2, 0) is 24.3 Å². The van der Waals surface area contributed by atoms with Gasteiger partial charge in [0.05, 0.1) is 15.4 Å². The molecule has 0 atom stereocenters. The Morgan fingerprint density at radius 3 is 1.46 bits per heavy atom. The van der Waals surface area contributed by atoms with E-state index < -0.39 is 29.8 Å². The minimum atomic E-state index is -4.48. The van der Waals surface area contributed by atoms with Crippen LogP contribution in [0.15, 0.2) is 64.4 Å². The van der Waals surface area contributed by atoms with Crippen LogP contribution in [0.2, 0.25) is 0 Å². The molecule has 0 aliphatic rings. The molecule has 0 fully saturated rings. The smallest absolute Gasteiger partial charge is 0.219 e. The summed E-state index contributed by atoms with van der Waals surface area (Å²) in [5, 5.41) is 0. The van der Waals surface area contributed by atoms with Crippen LogP contribution in [0, 0.1) is 0 Å². The summed E-state index contributed by atoms with van der Waals surface area (Å²) in [5.74, 6) is 0. The summed E-state index contributed by atoms with van der Waals surface area (Å²) in [6, 6.07) is 11.0. The Labute approximate surface area is 145 Å². The lowest BCUT2D eigenvalue weighted by Crippen LogP contribution is -2.06. The van der Waals surface area contributed by atoms with Gasteiger partial charge in [0, 0.05) is 21.4 Å². The number of benzene rings is 2. The van der Waals surface area contributed by atoms with Crippen LogP contribution in [-0.4, -0.2) is 16.8 Å². The first-order valence-electron chi connectivity index (χ1n) is 5.93. The monoisotopic (exact) mass is 420 g/mol. The van der Waals surface area contributed by atoms with Gasteiger partial charge in [-0.25, -0.2) is 8.42 Å². The van der Waals surface area contributed by atoms with E-state index in [9.17, 15) is 21.6 Å². The van der Waals surface area contributed by atoms with Crippen LogP contribution in [0.4, 0.5) is 13.2 Å². The van der Waals surface area contributed by atoms with E-state index in [1.165, 1.54) is 12.1 Å². The van der Waals surface area contributed by atoms with Crippen LogP contribution in [0.25, 0.3) is 0 Å². The van der Waals surface area contributed by atoms with Crippen molar-refractivity contribution in [2.75, 3.05) is 0 Å². The first-order valence-corrected chi connectivity index (χ1v) is 10.6. The van der Waals surface area contributed by atoms with Crippen LogP contribution < -0.4 is 0 Å². The highest BCUT2D eigenvalue weighted by atomic mass is 36.0. The Morgan fingerprint density at radius 2 is 1.08 bits per heavy atom. The lowest BCUT2D eigenvalue weighted by atomic mass is 10.2. The van der Waals surface area contributed by atoms with Gasteiger partial charge >= 0.3 is 14.4 Å². The Hall–Kier alpha value is -1.29. The van der Waals surface area contributed by atoms with Crippen molar-refractivity contribution in [1.82, 2.24) is 0 Å². The summed E-state index contributed by atoms with van der Waals surface area (Å²) >= 11 is 0. The van der Waals surface area contributed by atoms with Crippen LogP contribution in [0.3, 0.4) is 0 Å². The third-order valence-corrected chi connectivity index (χ3v) is 4.33. The molecule has 0 saturated carbocycles. The maximum absolute atomic E-state index is 12.4. The fraction of sp³-hybridized carbons (Fsp3) is 0.0769. The molecule has 0 bridgehead atoms. The summed E-state index contributed by atoms with van der Waals surface area (Å²) in [6.45, 7) is 0. The Kier molecular flexibility index (Phi) is 6.68.